The summed E-state index contributed by atoms with van der Waals surface area (Å²) < 4.78 is 4.59. The maximum atomic E-state index is 4.59. The molecular formula is C15H29NP2. The fourth-order valence-electron chi connectivity index (χ4n) is 2.32. The molecule has 0 spiro atoms. The third kappa shape index (κ3) is 7.55. The molecule has 0 saturated heterocycles. The molecule has 1 heterocycles. The van der Waals surface area contributed by atoms with Gasteiger partial charge in [0, 0.05) is 5.30 Å². The first kappa shape index (κ1) is 16.2. The molecule has 104 valence electrons. The summed E-state index contributed by atoms with van der Waals surface area (Å²) in [6.07, 6.45) is 15.5. The summed E-state index contributed by atoms with van der Waals surface area (Å²) in [5.41, 5.74) is 1.43. The molecule has 0 saturated carbocycles. The van der Waals surface area contributed by atoms with Gasteiger partial charge in [-0.05, 0) is 35.7 Å². The molecule has 0 aromatic carbocycles. The summed E-state index contributed by atoms with van der Waals surface area (Å²) in [7, 11) is 2.28. The van der Waals surface area contributed by atoms with Crippen molar-refractivity contribution in [1.29, 1.82) is 0 Å². The predicted molar refractivity (Wildman–Crippen MR) is 86.5 cm³/mol. The van der Waals surface area contributed by atoms with E-state index in [9.17, 15) is 0 Å². The van der Waals surface area contributed by atoms with Gasteiger partial charge >= 0.3 is 0 Å². The number of rotatable bonds is 11. The van der Waals surface area contributed by atoms with Gasteiger partial charge < -0.3 is 0 Å². The number of hydrogen-bond donors (Lipinski definition) is 0. The normalized spacial score (nSPS) is 11.9. The smallest absolute Gasteiger partial charge is 0.0523 e. The second-order valence-electron chi connectivity index (χ2n) is 5.29. The first-order chi connectivity index (χ1) is 8.84. The van der Waals surface area contributed by atoms with Crippen LogP contribution >= 0.6 is 15.9 Å². The zero-order chi connectivity index (χ0) is 13.1. The first-order valence-electron chi connectivity index (χ1n) is 7.71. The van der Waals surface area contributed by atoms with E-state index in [1.807, 2.05) is 0 Å². The van der Waals surface area contributed by atoms with Gasteiger partial charge in [0.05, 0.1) is 5.69 Å². The maximum absolute atomic E-state index is 4.59. The molecule has 0 aliphatic heterocycles. The molecule has 1 rings (SSSR count). The number of nitrogens with zero attached hydrogens (tertiary/aromatic N) is 1. The van der Waals surface area contributed by atoms with Crippen LogP contribution in [0, 0.1) is 6.92 Å². The number of hydrogen-bond acceptors (Lipinski definition) is 1. The van der Waals surface area contributed by atoms with E-state index in [0.717, 1.165) is 8.03 Å². The molecule has 0 fully saturated rings. The summed E-state index contributed by atoms with van der Waals surface area (Å²) in [6, 6.07) is 0. The average Bonchev–Trinajstić information content (AvgIpc) is 2.77. The largest absolute Gasteiger partial charge is 0.240 e. The molecular weight excluding hydrogens is 256 g/mol. The van der Waals surface area contributed by atoms with Gasteiger partial charge in [0.2, 0.25) is 0 Å². The number of aromatic nitrogens is 1. The van der Waals surface area contributed by atoms with Crippen molar-refractivity contribution in [2.24, 2.45) is 0 Å². The number of unbranched alkanes of at least 4 members (excludes halogenated alkanes) is 9. The van der Waals surface area contributed by atoms with Gasteiger partial charge in [-0.3, -0.25) is 0 Å². The Morgan fingerprint density at radius 3 is 1.94 bits per heavy atom. The molecule has 1 unspecified atom stereocenters. The van der Waals surface area contributed by atoms with Crippen LogP contribution in [-0.2, 0) is 6.42 Å². The molecule has 1 atom stereocenters. The standard InChI is InChI=1S/C15H29NP2/c1-3-4-5-6-7-8-9-10-11-12-13-15-14(2)17-18-16-15/h18H,3-13H2,1-2H3. The molecule has 3 heteroatoms. The van der Waals surface area contributed by atoms with Crippen LogP contribution in [0.15, 0.2) is 0 Å². The molecule has 0 amide bonds. The molecule has 1 aromatic heterocycles. The highest BCUT2D eigenvalue weighted by molar-refractivity contribution is 7.89. The zero-order valence-electron chi connectivity index (χ0n) is 12.2. The van der Waals surface area contributed by atoms with Gasteiger partial charge in [0.1, 0.15) is 0 Å². The number of aryl methyl sites for hydroxylation is 2. The van der Waals surface area contributed by atoms with Crippen molar-refractivity contribution in [1.82, 2.24) is 4.75 Å². The fourth-order valence-corrected chi connectivity index (χ4v) is 4.66. The summed E-state index contributed by atoms with van der Waals surface area (Å²) in [5, 5.41) is 1.53. The minimum Gasteiger partial charge on any atom is -0.240 e. The summed E-state index contributed by atoms with van der Waals surface area (Å²) in [5.74, 6) is 0. The molecule has 0 aliphatic carbocycles. The first-order valence-corrected chi connectivity index (χ1v) is 10.4. The second kappa shape index (κ2) is 11.0. The average molecular weight is 285 g/mol. The maximum Gasteiger partial charge on any atom is 0.0523 e. The molecule has 1 aromatic rings. The molecule has 0 N–H and O–H groups in total. The van der Waals surface area contributed by atoms with E-state index >= 15 is 0 Å². The summed E-state index contributed by atoms with van der Waals surface area (Å²) in [4.78, 5) is 0. The fraction of sp³-hybridized carbons (Fsp3) is 0.867. The Bertz CT molecular complexity index is 296. The van der Waals surface area contributed by atoms with Crippen LogP contribution in [-0.4, -0.2) is 4.75 Å². The van der Waals surface area contributed by atoms with Crippen LogP contribution in [0.1, 0.15) is 82.1 Å². The van der Waals surface area contributed by atoms with Gasteiger partial charge in [-0.2, -0.15) is 0 Å². The Morgan fingerprint density at radius 2 is 1.44 bits per heavy atom. The lowest BCUT2D eigenvalue weighted by Crippen LogP contribution is -1.88. The van der Waals surface area contributed by atoms with E-state index < -0.39 is 0 Å². The zero-order valence-corrected chi connectivity index (χ0v) is 14.1. The van der Waals surface area contributed by atoms with Crippen LogP contribution < -0.4 is 0 Å². The predicted octanol–water partition coefficient (Wildman–Crippen LogP) is 6.46. The highest BCUT2D eigenvalue weighted by Gasteiger charge is 2.00. The third-order valence-electron chi connectivity index (χ3n) is 3.59. The van der Waals surface area contributed by atoms with Crippen molar-refractivity contribution in [3.05, 3.63) is 11.0 Å². The molecule has 18 heavy (non-hydrogen) atoms. The van der Waals surface area contributed by atoms with Crippen molar-refractivity contribution in [2.75, 3.05) is 0 Å². The van der Waals surface area contributed by atoms with Crippen molar-refractivity contribution < 1.29 is 0 Å². The Hall–Kier alpha value is 0.140. The van der Waals surface area contributed by atoms with Crippen LogP contribution in [0.5, 0.6) is 0 Å². The summed E-state index contributed by atoms with van der Waals surface area (Å²) in [6.45, 7) is 4.53. The molecule has 0 aliphatic rings. The van der Waals surface area contributed by atoms with Crippen molar-refractivity contribution in [3.63, 3.8) is 0 Å². The van der Waals surface area contributed by atoms with E-state index in [1.54, 1.807) is 0 Å². The third-order valence-corrected chi connectivity index (χ3v) is 6.26. The highest BCUT2D eigenvalue weighted by atomic mass is 31.8. The molecule has 0 bridgehead atoms. The Labute approximate surface area is 116 Å². The van der Waals surface area contributed by atoms with E-state index in [-0.39, 0.29) is 0 Å². The SMILES string of the molecule is CCCCCCCCCCCCc1n[pH]pc1C. The Kier molecular flexibility index (Phi) is 9.90. The lowest BCUT2D eigenvalue weighted by molar-refractivity contribution is 0.555. The van der Waals surface area contributed by atoms with Gasteiger partial charge in [0.25, 0.3) is 0 Å². The van der Waals surface area contributed by atoms with E-state index in [2.05, 4.69) is 18.6 Å². The van der Waals surface area contributed by atoms with Crippen LogP contribution in [0.4, 0.5) is 0 Å². The van der Waals surface area contributed by atoms with Gasteiger partial charge in [-0.1, -0.05) is 64.7 Å². The highest BCUT2D eigenvalue weighted by Crippen LogP contribution is 2.27. The molecule has 1 nitrogen and oxygen atoms in total. The van der Waals surface area contributed by atoms with E-state index in [0.29, 0.717) is 0 Å². The van der Waals surface area contributed by atoms with Crippen LogP contribution in [0.3, 0.4) is 0 Å². The second-order valence-corrected chi connectivity index (χ2v) is 7.88. The van der Waals surface area contributed by atoms with E-state index in [1.165, 1.54) is 89.5 Å². The van der Waals surface area contributed by atoms with Crippen LogP contribution in [0.25, 0.3) is 0 Å². The topological polar surface area (TPSA) is 12.9 Å². The van der Waals surface area contributed by atoms with Gasteiger partial charge in [0.15, 0.2) is 0 Å². The Morgan fingerprint density at radius 1 is 0.889 bits per heavy atom. The Balaban J connectivity index is 1.83. The monoisotopic (exact) mass is 285 g/mol. The van der Waals surface area contributed by atoms with Crippen LogP contribution in [0.2, 0.25) is 0 Å². The van der Waals surface area contributed by atoms with Crippen molar-refractivity contribution in [3.8, 4) is 0 Å². The van der Waals surface area contributed by atoms with Gasteiger partial charge in [-0.15, -0.1) is 0 Å². The van der Waals surface area contributed by atoms with Crippen molar-refractivity contribution in [2.45, 2.75) is 84.5 Å². The lowest BCUT2D eigenvalue weighted by Gasteiger charge is -2.02. The minimum absolute atomic E-state index is 0.804. The van der Waals surface area contributed by atoms with Gasteiger partial charge in [-0.25, -0.2) is 4.75 Å². The summed E-state index contributed by atoms with van der Waals surface area (Å²) >= 11 is 0. The van der Waals surface area contributed by atoms with E-state index in [4.69, 9.17) is 0 Å². The lowest BCUT2D eigenvalue weighted by atomic mass is 10.1. The van der Waals surface area contributed by atoms with Crippen molar-refractivity contribution >= 4 is 15.9 Å². The minimum atomic E-state index is 0.804. The molecule has 0 radical (unpaired) electrons. The quantitative estimate of drug-likeness (QED) is 0.425.